The average molecular weight is 309 g/mol. The van der Waals surface area contributed by atoms with Gasteiger partial charge in [0.25, 0.3) is 0 Å². The van der Waals surface area contributed by atoms with Crippen LogP contribution in [-0.4, -0.2) is 15.0 Å². The second kappa shape index (κ2) is 6.13. The molecule has 0 bridgehead atoms. The van der Waals surface area contributed by atoms with Gasteiger partial charge in [0, 0.05) is 6.20 Å². The molecule has 0 radical (unpaired) electrons. The third kappa shape index (κ3) is 2.75. The molecule has 1 aliphatic carbocycles. The zero-order chi connectivity index (χ0) is 14.8. The van der Waals surface area contributed by atoms with Crippen LogP contribution in [0.3, 0.4) is 0 Å². The average Bonchev–Trinajstić information content (AvgIpc) is 2.94. The Labute approximate surface area is 134 Å². The van der Waals surface area contributed by atoms with Gasteiger partial charge in [0.05, 0.1) is 22.0 Å². The van der Waals surface area contributed by atoms with E-state index in [0.29, 0.717) is 5.25 Å². The Morgan fingerprint density at radius 2 is 2.00 bits per heavy atom. The van der Waals surface area contributed by atoms with Crippen molar-refractivity contribution in [3.8, 4) is 0 Å². The van der Waals surface area contributed by atoms with Gasteiger partial charge in [-0.25, -0.2) is 4.98 Å². The zero-order valence-corrected chi connectivity index (χ0v) is 13.3. The molecule has 1 aliphatic rings. The molecule has 4 heteroatoms. The van der Waals surface area contributed by atoms with Gasteiger partial charge < -0.3 is 4.98 Å². The molecule has 22 heavy (non-hydrogen) atoms. The number of fused-ring (bicyclic) bond motifs is 2. The second-order valence-electron chi connectivity index (χ2n) is 5.81. The van der Waals surface area contributed by atoms with Gasteiger partial charge in [0.1, 0.15) is 0 Å². The van der Waals surface area contributed by atoms with Crippen LogP contribution in [0.4, 0.5) is 0 Å². The van der Waals surface area contributed by atoms with E-state index < -0.39 is 0 Å². The number of rotatable bonds is 2. The van der Waals surface area contributed by atoms with Crippen molar-refractivity contribution < 1.29 is 0 Å². The van der Waals surface area contributed by atoms with Crippen LogP contribution in [0, 0.1) is 0 Å². The Morgan fingerprint density at radius 3 is 2.95 bits per heavy atom. The second-order valence-corrected chi connectivity index (χ2v) is 7.00. The lowest BCUT2D eigenvalue weighted by atomic mass is 9.97. The fourth-order valence-electron chi connectivity index (χ4n) is 3.15. The van der Waals surface area contributed by atoms with Crippen molar-refractivity contribution in [3.05, 3.63) is 53.9 Å². The number of aryl methyl sites for hydroxylation is 1. The Morgan fingerprint density at radius 1 is 1.05 bits per heavy atom. The van der Waals surface area contributed by atoms with E-state index in [1.165, 1.54) is 36.9 Å². The topological polar surface area (TPSA) is 41.6 Å². The molecule has 0 amide bonds. The molecule has 3 aromatic rings. The van der Waals surface area contributed by atoms with Crippen LogP contribution in [0.25, 0.3) is 11.0 Å². The minimum absolute atomic E-state index is 0.400. The monoisotopic (exact) mass is 309 g/mol. The summed E-state index contributed by atoms with van der Waals surface area (Å²) in [6, 6.07) is 12.5. The van der Waals surface area contributed by atoms with Gasteiger partial charge in [-0.2, -0.15) is 0 Å². The first-order chi connectivity index (χ1) is 10.9. The Balaban J connectivity index is 1.66. The van der Waals surface area contributed by atoms with Crippen molar-refractivity contribution in [1.82, 2.24) is 15.0 Å². The number of nitrogens with one attached hydrogen (secondary N) is 1. The fourth-order valence-corrected chi connectivity index (χ4v) is 4.34. The molecule has 4 rings (SSSR count). The first kappa shape index (κ1) is 13.8. The molecule has 1 atom stereocenters. The van der Waals surface area contributed by atoms with Crippen molar-refractivity contribution in [1.29, 1.82) is 0 Å². The highest BCUT2D eigenvalue weighted by Crippen LogP contribution is 2.40. The van der Waals surface area contributed by atoms with E-state index in [0.717, 1.165) is 22.6 Å². The molecule has 0 saturated carbocycles. The summed E-state index contributed by atoms with van der Waals surface area (Å²) in [5.41, 5.74) is 4.82. The smallest absolute Gasteiger partial charge is 0.167 e. The summed E-state index contributed by atoms with van der Waals surface area (Å²) in [5, 5.41) is 1.40. The lowest BCUT2D eigenvalue weighted by Crippen LogP contribution is -2.06. The quantitative estimate of drug-likeness (QED) is 0.731. The summed E-state index contributed by atoms with van der Waals surface area (Å²) in [5.74, 6) is 0. The Kier molecular flexibility index (Phi) is 3.85. The van der Waals surface area contributed by atoms with Gasteiger partial charge in [-0.1, -0.05) is 42.8 Å². The molecule has 1 aromatic carbocycles. The Bertz CT molecular complexity index is 748. The van der Waals surface area contributed by atoms with Gasteiger partial charge in [-0.3, -0.25) is 4.98 Å². The molecule has 3 nitrogen and oxygen atoms in total. The number of hydrogen-bond acceptors (Lipinski definition) is 3. The number of hydrogen-bond donors (Lipinski definition) is 1. The van der Waals surface area contributed by atoms with E-state index >= 15 is 0 Å². The number of benzene rings is 1. The van der Waals surface area contributed by atoms with Crippen LogP contribution >= 0.6 is 11.8 Å². The first-order valence-electron chi connectivity index (χ1n) is 7.95. The number of aromatic nitrogens is 3. The fraction of sp³-hybridized carbons (Fsp3) is 0.333. The molecule has 0 aliphatic heterocycles. The molecule has 2 heterocycles. The highest BCUT2D eigenvalue weighted by Gasteiger charge is 2.21. The number of H-pyrrole nitrogens is 1. The Hall–Kier alpha value is -1.81. The van der Waals surface area contributed by atoms with Crippen molar-refractivity contribution in [2.75, 3.05) is 0 Å². The third-order valence-corrected chi connectivity index (χ3v) is 5.43. The summed E-state index contributed by atoms with van der Waals surface area (Å²) in [6.07, 6.45) is 8.11. The number of nitrogens with zero attached hydrogens (tertiary/aromatic N) is 2. The van der Waals surface area contributed by atoms with Gasteiger partial charge in [0.15, 0.2) is 5.16 Å². The van der Waals surface area contributed by atoms with Crippen molar-refractivity contribution in [3.63, 3.8) is 0 Å². The van der Waals surface area contributed by atoms with Gasteiger partial charge in [-0.15, -0.1) is 0 Å². The van der Waals surface area contributed by atoms with Crippen LogP contribution < -0.4 is 0 Å². The maximum atomic E-state index is 4.71. The molecular formula is C18H19N3S. The predicted molar refractivity (Wildman–Crippen MR) is 91.1 cm³/mol. The summed E-state index contributed by atoms with van der Waals surface area (Å²) >= 11 is 1.83. The lowest BCUT2D eigenvalue weighted by Gasteiger charge is -2.20. The van der Waals surface area contributed by atoms with Crippen LogP contribution in [0.15, 0.2) is 47.8 Å². The summed E-state index contributed by atoms with van der Waals surface area (Å²) in [6.45, 7) is 0. The minimum atomic E-state index is 0.400. The summed E-state index contributed by atoms with van der Waals surface area (Å²) in [4.78, 5) is 12.8. The standard InChI is InChI=1S/C18H19N3S/c1-2-7-13-8-6-12-19-17(13)16(11-3-1)22-18-20-14-9-4-5-10-15(14)21-18/h4-6,8-10,12,16H,1-3,7,11H2,(H,20,21). The van der Waals surface area contributed by atoms with E-state index in [1.54, 1.807) is 0 Å². The third-order valence-electron chi connectivity index (χ3n) is 4.27. The highest BCUT2D eigenvalue weighted by atomic mass is 32.2. The molecule has 0 saturated heterocycles. The van der Waals surface area contributed by atoms with E-state index in [2.05, 4.69) is 34.2 Å². The van der Waals surface area contributed by atoms with Crippen LogP contribution in [-0.2, 0) is 6.42 Å². The number of imidazole rings is 1. The van der Waals surface area contributed by atoms with E-state index in [-0.39, 0.29) is 0 Å². The van der Waals surface area contributed by atoms with Gasteiger partial charge in [-0.05, 0) is 43.0 Å². The summed E-state index contributed by atoms with van der Waals surface area (Å²) < 4.78 is 0. The van der Waals surface area contributed by atoms with Crippen molar-refractivity contribution >= 4 is 22.8 Å². The molecule has 0 spiro atoms. The predicted octanol–water partition coefficient (Wildman–Crippen LogP) is 4.91. The largest absolute Gasteiger partial charge is 0.333 e. The molecule has 1 N–H and O–H groups in total. The van der Waals surface area contributed by atoms with Crippen LogP contribution in [0.5, 0.6) is 0 Å². The molecule has 2 aromatic heterocycles. The zero-order valence-electron chi connectivity index (χ0n) is 12.5. The molecule has 0 fully saturated rings. The molecule has 1 unspecified atom stereocenters. The van der Waals surface area contributed by atoms with Crippen molar-refractivity contribution in [2.45, 2.75) is 42.5 Å². The normalized spacial score (nSPS) is 18.6. The lowest BCUT2D eigenvalue weighted by molar-refractivity contribution is 0.601. The first-order valence-corrected chi connectivity index (χ1v) is 8.83. The number of para-hydroxylation sites is 2. The SMILES string of the molecule is c1cnc2c(c1)CCCCCC2Sc1nc2ccccc2[nH]1. The van der Waals surface area contributed by atoms with Crippen LogP contribution in [0.2, 0.25) is 0 Å². The van der Waals surface area contributed by atoms with Crippen LogP contribution in [0.1, 0.15) is 42.2 Å². The van der Waals surface area contributed by atoms with E-state index in [9.17, 15) is 0 Å². The maximum absolute atomic E-state index is 4.71. The molecule has 112 valence electrons. The molecular weight excluding hydrogens is 290 g/mol. The highest BCUT2D eigenvalue weighted by molar-refractivity contribution is 7.99. The number of thioether (sulfide) groups is 1. The number of pyridine rings is 1. The summed E-state index contributed by atoms with van der Waals surface area (Å²) in [7, 11) is 0. The van der Waals surface area contributed by atoms with Gasteiger partial charge in [0.2, 0.25) is 0 Å². The van der Waals surface area contributed by atoms with E-state index in [1.807, 2.05) is 30.1 Å². The number of aromatic amines is 1. The minimum Gasteiger partial charge on any atom is -0.333 e. The van der Waals surface area contributed by atoms with Gasteiger partial charge >= 0.3 is 0 Å². The van der Waals surface area contributed by atoms with Crippen molar-refractivity contribution in [2.24, 2.45) is 0 Å². The maximum Gasteiger partial charge on any atom is 0.167 e. The van der Waals surface area contributed by atoms with E-state index in [4.69, 9.17) is 4.98 Å².